The second kappa shape index (κ2) is 2.54. The summed E-state index contributed by atoms with van der Waals surface area (Å²) in [7, 11) is 2.06. The molecule has 2 rings (SSSR count). The molecule has 1 aliphatic heterocycles. The Bertz CT molecular complexity index is 359. The van der Waals surface area contributed by atoms with Gasteiger partial charge < -0.3 is 4.90 Å². The fraction of sp³-hybridized carbons (Fsp3) is 0.182. The van der Waals surface area contributed by atoms with Crippen molar-refractivity contribution in [2.24, 2.45) is 0 Å². The van der Waals surface area contributed by atoms with E-state index in [-0.39, 0.29) is 0 Å². The van der Waals surface area contributed by atoms with Gasteiger partial charge in [0.25, 0.3) is 0 Å². The lowest BCUT2D eigenvalue weighted by atomic mass is 10.1. The highest BCUT2D eigenvalue weighted by molar-refractivity contribution is 5.69. The highest BCUT2D eigenvalue weighted by atomic mass is 15.1. The van der Waals surface area contributed by atoms with Crippen LogP contribution in [0.5, 0.6) is 0 Å². The zero-order chi connectivity index (χ0) is 8.55. The van der Waals surface area contributed by atoms with Crippen molar-refractivity contribution < 1.29 is 0 Å². The van der Waals surface area contributed by atoms with Gasteiger partial charge in [-0.05, 0) is 5.56 Å². The Morgan fingerprint density at radius 1 is 1.42 bits per heavy atom. The molecule has 0 amide bonds. The van der Waals surface area contributed by atoms with Crippen molar-refractivity contribution in [1.29, 1.82) is 0 Å². The molecule has 0 aromatic heterocycles. The van der Waals surface area contributed by atoms with Gasteiger partial charge in [-0.1, -0.05) is 30.8 Å². The summed E-state index contributed by atoms with van der Waals surface area (Å²) in [5.41, 5.74) is 6.72. The van der Waals surface area contributed by atoms with Crippen LogP contribution in [0.3, 0.4) is 0 Å². The predicted octanol–water partition coefficient (Wildman–Crippen LogP) is 2.26. The Kier molecular flexibility index (Phi) is 1.53. The Morgan fingerprint density at radius 3 is 2.92 bits per heavy atom. The minimum Gasteiger partial charge on any atom is -0.363 e. The van der Waals surface area contributed by atoms with Gasteiger partial charge in [0.1, 0.15) is 0 Å². The summed E-state index contributed by atoms with van der Waals surface area (Å²) < 4.78 is 0. The Labute approximate surface area is 72.6 Å². The lowest BCUT2D eigenvalue weighted by molar-refractivity contribution is 0.501. The van der Waals surface area contributed by atoms with E-state index in [4.69, 9.17) is 0 Å². The summed E-state index contributed by atoms with van der Waals surface area (Å²) in [5, 5.41) is 0. The Morgan fingerprint density at radius 2 is 2.17 bits per heavy atom. The maximum atomic E-state index is 3.69. The van der Waals surface area contributed by atoms with Gasteiger partial charge in [0.15, 0.2) is 0 Å². The van der Waals surface area contributed by atoms with Gasteiger partial charge in [0, 0.05) is 19.2 Å². The van der Waals surface area contributed by atoms with E-state index in [1.165, 1.54) is 11.1 Å². The van der Waals surface area contributed by atoms with Gasteiger partial charge in [-0.3, -0.25) is 0 Å². The number of rotatable bonds is 0. The normalized spacial score (nSPS) is 14.4. The summed E-state index contributed by atoms with van der Waals surface area (Å²) in [6, 6.07) is 8.39. The molecule has 1 aromatic carbocycles. The molecule has 1 nitrogen and oxygen atoms in total. The summed E-state index contributed by atoms with van der Waals surface area (Å²) in [6.45, 7) is 4.67. The molecule has 0 atom stereocenters. The number of fused-ring (bicyclic) bond motifs is 1. The molecule has 0 saturated carbocycles. The van der Waals surface area contributed by atoms with Crippen molar-refractivity contribution in [3.8, 4) is 0 Å². The highest BCUT2D eigenvalue weighted by Crippen LogP contribution is 2.29. The minimum absolute atomic E-state index is 0.980. The second-order valence-corrected chi connectivity index (χ2v) is 3.04. The number of hydrogen-bond donors (Lipinski definition) is 0. The molecule has 0 radical (unpaired) electrons. The van der Waals surface area contributed by atoms with Crippen molar-refractivity contribution in [2.45, 2.75) is 6.54 Å². The molecule has 0 fully saturated rings. The topological polar surface area (TPSA) is 3.24 Å². The molecule has 1 aliphatic rings. The molecule has 1 heterocycles. The standard InChI is InChI=1S/C11H11N/c1-3-11-10-7-5-4-6-9(10)8-12(11)2/h4-7H,1,8H2,2H3. The first kappa shape index (κ1) is 7.20. The first-order valence-electron chi connectivity index (χ1n) is 4.02. The van der Waals surface area contributed by atoms with E-state index in [9.17, 15) is 0 Å². The maximum Gasteiger partial charge on any atom is 0.0871 e. The first-order valence-corrected chi connectivity index (χ1v) is 4.02. The minimum atomic E-state index is 0.980. The van der Waals surface area contributed by atoms with Gasteiger partial charge >= 0.3 is 0 Å². The fourth-order valence-electron chi connectivity index (χ4n) is 1.66. The zero-order valence-electron chi connectivity index (χ0n) is 7.17. The van der Waals surface area contributed by atoms with Gasteiger partial charge in [0.05, 0.1) is 5.70 Å². The van der Waals surface area contributed by atoms with Crippen LogP contribution in [0.2, 0.25) is 0 Å². The molecular formula is C11H11N. The van der Waals surface area contributed by atoms with E-state index in [2.05, 4.69) is 48.5 Å². The van der Waals surface area contributed by atoms with E-state index in [0.29, 0.717) is 0 Å². The summed E-state index contributed by atoms with van der Waals surface area (Å²) in [4.78, 5) is 2.16. The average molecular weight is 157 g/mol. The number of benzene rings is 1. The molecule has 0 bridgehead atoms. The third kappa shape index (κ3) is 0.876. The predicted molar refractivity (Wildman–Crippen MR) is 50.5 cm³/mol. The SMILES string of the molecule is C=C=C1c2ccccc2CN1C. The van der Waals surface area contributed by atoms with Crippen LogP contribution in [0.15, 0.2) is 36.6 Å². The van der Waals surface area contributed by atoms with Crippen molar-refractivity contribution in [2.75, 3.05) is 7.05 Å². The lowest BCUT2D eigenvalue weighted by Crippen LogP contribution is -2.06. The Hall–Kier alpha value is -1.46. The maximum absolute atomic E-state index is 3.69. The van der Waals surface area contributed by atoms with Crippen LogP contribution in [0.25, 0.3) is 5.70 Å². The van der Waals surface area contributed by atoms with Crippen molar-refractivity contribution >= 4 is 5.70 Å². The smallest absolute Gasteiger partial charge is 0.0871 e. The molecule has 60 valence electrons. The third-order valence-electron chi connectivity index (χ3n) is 2.23. The molecule has 0 spiro atoms. The van der Waals surface area contributed by atoms with Crippen LogP contribution in [-0.4, -0.2) is 11.9 Å². The molecule has 0 aliphatic carbocycles. The first-order chi connectivity index (χ1) is 5.83. The fourth-order valence-corrected chi connectivity index (χ4v) is 1.66. The molecule has 0 unspecified atom stereocenters. The van der Waals surface area contributed by atoms with Crippen LogP contribution in [0.4, 0.5) is 0 Å². The van der Waals surface area contributed by atoms with Crippen LogP contribution in [0.1, 0.15) is 11.1 Å². The van der Waals surface area contributed by atoms with Gasteiger partial charge in [-0.15, -0.1) is 5.73 Å². The monoisotopic (exact) mass is 157 g/mol. The molecule has 12 heavy (non-hydrogen) atoms. The molecular weight excluding hydrogens is 146 g/mol. The van der Waals surface area contributed by atoms with E-state index in [0.717, 1.165) is 12.2 Å². The van der Waals surface area contributed by atoms with Crippen LogP contribution >= 0.6 is 0 Å². The van der Waals surface area contributed by atoms with Gasteiger partial charge in [-0.2, -0.15) is 0 Å². The van der Waals surface area contributed by atoms with E-state index in [1.54, 1.807) is 0 Å². The highest BCUT2D eigenvalue weighted by Gasteiger charge is 2.18. The second-order valence-electron chi connectivity index (χ2n) is 3.04. The van der Waals surface area contributed by atoms with Crippen LogP contribution in [0, 0.1) is 0 Å². The average Bonchev–Trinajstić information content (AvgIpc) is 2.40. The van der Waals surface area contributed by atoms with Crippen molar-refractivity contribution in [3.05, 3.63) is 47.7 Å². The third-order valence-corrected chi connectivity index (χ3v) is 2.23. The van der Waals surface area contributed by atoms with Gasteiger partial charge in [-0.25, -0.2) is 0 Å². The summed E-state index contributed by atoms with van der Waals surface area (Å²) >= 11 is 0. The quantitative estimate of drug-likeness (QED) is 0.522. The summed E-state index contributed by atoms with van der Waals surface area (Å²) in [5.74, 6) is 0. The number of nitrogens with zero attached hydrogens (tertiary/aromatic N) is 1. The largest absolute Gasteiger partial charge is 0.363 e. The lowest BCUT2D eigenvalue weighted by Gasteiger charge is -2.09. The molecule has 1 heteroatoms. The number of hydrogen-bond acceptors (Lipinski definition) is 1. The zero-order valence-corrected chi connectivity index (χ0v) is 7.17. The van der Waals surface area contributed by atoms with E-state index < -0.39 is 0 Å². The van der Waals surface area contributed by atoms with Crippen LogP contribution < -0.4 is 0 Å². The van der Waals surface area contributed by atoms with E-state index >= 15 is 0 Å². The molecule has 0 N–H and O–H groups in total. The van der Waals surface area contributed by atoms with Crippen molar-refractivity contribution in [1.82, 2.24) is 4.90 Å². The van der Waals surface area contributed by atoms with Gasteiger partial charge in [0.2, 0.25) is 0 Å². The summed E-state index contributed by atoms with van der Waals surface area (Å²) in [6.07, 6.45) is 0. The van der Waals surface area contributed by atoms with Crippen molar-refractivity contribution in [3.63, 3.8) is 0 Å². The van der Waals surface area contributed by atoms with E-state index in [1.807, 2.05) is 0 Å². The van der Waals surface area contributed by atoms with Crippen LogP contribution in [-0.2, 0) is 6.54 Å². The molecule has 0 saturated heterocycles. The molecule has 1 aromatic rings. The Balaban J connectivity index is 2.62.